The third kappa shape index (κ3) is 3.27. The number of benzene rings is 1. The van der Waals surface area contributed by atoms with E-state index >= 15 is 0 Å². The quantitative estimate of drug-likeness (QED) is 0.598. The van der Waals surface area contributed by atoms with Crippen LogP contribution >= 0.6 is 11.6 Å². The summed E-state index contributed by atoms with van der Waals surface area (Å²) in [7, 11) is 0. The van der Waals surface area contributed by atoms with Crippen molar-refractivity contribution in [2.24, 2.45) is 0 Å². The summed E-state index contributed by atoms with van der Waals surface area (Å²) in [6, 6.07) is 14.6. The van der Waals surface area contributed by atoms with Crippen LogP contribution in [0.25, 0.3) is 22.6 Å². The van der Waals surface area contributed by atoms with Gasteiger partial charge in [0.1, 0.15) is 17.9 Å². The van der Waals surface area contributed by atoms with Crippen molar-refractivity contribution >= 4 is 34.4 Å². The van der Waals surface area contributed by atoms with E-state index in [1.165, 1.54) is 0 Å². The van der Waals surface area contributed by atoms with Crippen LogP contribution in [0.5, 0.6) is 0 Å². The van der Waals surface area contributed by atoms with Crippen LogP contribution in [0.2, 0.25) is 5.02 Å². The summed E-state index contributed by atoms with van der Waals surface area (Å²) in [5, 5.41) is 3.44. The molecule has 7 heteroatoms. The smallest absolute Gasteiger partial charge is 0.244 e. The van der Waals surface area contributed by atoms with Crippen molar-refractivity contribution < 1.29 is 4.79 Å². The number of fused-ring (bicyclic) bond motifs is 1. The molecule has 6 nitrogen and oxygen atoms in total. The van der Waals surface area contributed by atoms with E-state index in [9.17, 15) is 4.79 Å². The minimum Gasteiger partial charge on any atom is -0.323 e. The summed E-state index contributed by atoms with van der Waals surface area (Å²) in [6.07, 6.45) is 4.93. The maximum Gasteiger partial charge on any atom is 0.244 e. The van der Waals surface area contributed by atoms with Crippen molar-refractivity contribution in [1.29, 1.82) is 0 Å². The number of carbonyl (C=O) groups excluding carboxylic acids is 1. The van der Waals surface area contributed by atoms with Gasteiger partial charge < -0.3 is 5.32 Å². The van der Waals surface area contributed by atoms with Gasteiger partial charge in [-0.3, -0.25) is 14.3 Å². The topological polar surface area (TPSA) is 72.7 Å². The number of aromatic nitrogens is 4. The molecular weight excluding hydrogens is 350 g/mol. The number of halogens is 1. The van der Waals surface area contributed by atoms with Crippen LogP contribution in [0.1, 0.15) is 0 Å². The van der Waals surface area contributed by atoms with Gasteiger partial charge in [-0.2, -0.15) is 0 Å². The normalized spacial score (nSPS) is 10.8. The number of amides is 1. The van der Waals surface area contributed by atoms with Crippen molar-refractivity contribution in [3.05, 3.63) is 72.1 Å². The molecule has 0 unspecified atom stereocenters. The summed E-state index contributed by atoms with van der Waals surface area (Å²) in [6.45, 7) is 0.0737. The van der Waals surface area contributed by atoms with Gasteiger partial charge in [0, 0.05) is 23.0 Å². The molecule has 1 aromatic carbocycles. The average Bonchev–Trinajstić information content (AvgIpc) is 3.01. The molecule has 0 spiro atoms. The Morgan fingerprint density at radius 2 is 2.00 bits per heavy atom. The van der Waals surface area contributed by atoms with Crippen LogP contribution in [0, 0.1) is 0 Å². The van der Waals surface area contributed by atoms with E-state index in [1.54, 1.807) is 41.4 Å². The molecule has 1 N–H and O–H groups in total. The zero-order chi connectivity index (χ0) is 17.9. The lowest BCUT2D eigenvalue weighted by Gasteiger charge is -2.09. The molecule has 0 radical (unpaired) electrons. The van der Waals surface area contributed by atoms with Gasteiger partial charge in [-0.1, -0.05) is 23.7 Å². The van der Waals surface area contributed by atoms with Gasteiger partial charge in [0.15, 0.2) is 5.65 Å². The number of imidazole rings is 1. The highest BCUT2D eigenvalue weighted by atomic mass is 35.5. The summed E-state index contributed by atoms with van der Waals surface area (Å²) >= 11 is 6.12. The summed E-state index contributed by atoms with van der Waals surface area (Å²) in [5.74, 6) is 0.453. The zero-order valence-corrected chi connectivity index (χ0v) is 14.4. The molecule has 0 saturated carbocycles. The second-order valence-electron chi connectivity index (χ2n) is 5.67. The average molecular weight is 364 g/mol. The predicted molar refractivity (Wildman–Crippen MR) is 101 cm³/mol. The fourth-order valence-corrected chi connectivity index (χ4v) is 2.93. The molecule has 0 fully saturated rings. The Bertz CT molecular complexity index is 1080. The molecule has 128 valence electrons. The molecule has 1 amide bonds. The third-order valence-corrected chi connectivity index (χ3v) is 4.07. The number of rotatable bonds is 4. The first kappa shape index (κ1) is 16.2. The molecule has 0 bridgehead atoms. The molecule has 0 aliphatic heterocycles. The van der Waals surface area contributed by atoms with Gasteiger partial charge in [0.25, 0.3) is 0 Å². The maximum atomic E-state index is 12.5. The Morgan fingerprint density at radius 3 is 2.81 bits per heavy atom. The highest BCUT2D eigenvalue weighted by molar-refractivity contribution is 6.30. The first-order chi connectivity index (χ1) is 12.7. The van der Waals surface area contributed by atoms with Gasteiger partial charge in [-0.15, -0.1) is 0 Å². The van der Waals surface area contributed by atoms with E-state index in [0.717, 1.165) is 11.1 Å². The van der Waals surface area contributed by atoms with Crippen LogP contribution in [0.4, 0.5) is 5.69 Å². The molecule has 4 rings (SSSR count). The lowest BCUT2D eigenvalue weighted by Crippen LogP contribution is -2.19. The van der Waals surface area contributed by atoms with Gasteiger partial charge >= 0.3 is 0 Å². The van der Waals surface area contributed by atoms with Gasteiger partial charge in [0.05, 0.1) is 11.9 Å². The Balaban J connectivity index is 1.73. The van der Waals surface area contributed by atoms with Gasteiger partial charge in [-0.25, -0.2) is 9.97 Å². The van der Waals surface area contributed by atoms with Crippen LogP contribution in [0.15, 0.2) is 67.1 Å². The van der Waals surface area contributed by atoms with E-state index in [0.29, 0.717) is 22.2 Å². The number of hydrogen-bond donors (Lipinski definition) is 1. The number of nitrogens with zero attached hydrogens (tertiary/aromatic N) is 4. The highest BCUT2D eigenvalue weighted by Crippen LogP contribution is 2.25. The Morgan fingerprint density at radius 1 is 1.12 bits per heavy atom. The van der Waals surface area contributed by atoms with Gasteiger partial charge in [0.2, 0.25) is 5.91 Å². The van der Waals surface area contributed by atoms with E-state index in [2.05, 4.69) is 20.3 Å². The number of anilines is 1. The minimum atomic E-state index is -0.189. The van der Waals surface area contributed by atoms with Crippen molar-refractivity contribution in [3.63, 3.8) is 0 Å². The monoisotopic (exact) mass is 363 g/mol. The fourth-order valence-electron chi connectivity index (χ4n) is 2.74. The molecule has 26 heavy (non-hydrogen) atoms. The third-order valence-electron chi connectivity index (χ3n) is 3.83. The molecule has 0 aliphatic carbocycles. The molecule has 3 heterocycles. The van der Waals surface area contributed by atoms with Crippen molar-refractivity contribution in [3.8, 4) is 11.4 Å². The summed E-state index contributed by atoms with van der Waals surface area (Å²) in [4.78, 5) is 25.5. The molecular formula is C19H14ClN5O. The summed E-state index contributed by atoms with van der Waals surface area (Å²) in [5.41, 5.74) is 2.82. The first-order valence-corrected chi connectivity index (χ1v) is 8.35. The Kier molecular flexibility index (Phi) is 4.33. The number of hydrogen-bond acceptors (Lipinski definition) is 4. The number of carbonyl (C=O) groups is 1. The van der Waals surface area contributed by atoms with Crippen molar-refractivity contribution in [1.82, 2.24) is 19.5 Å². The molecule has 0 aliphatic rings. The van der Waals surface area contributed by atoms with Crippen molar-refractivity contribution in [2.45, 2.75) is 6.54 Å². The van der Waals surface area contributed by atoms with Crippen LogP contribution in [-0.2, 0) is 11.3 Å². The molecule has 0 saturated heterocycles. The Hall–Kier alpha value is -3.25. The van der Waals surface area contributed by atoms with E-state index in [4.69, 9.17) is 11.6 Å². The van der Waals surface area contributed by atoms with E-state index < -0.39 is 0 Å². The fraction of sp³-hybridized carbons (Fsp3) is 0.0526. The first-order valence-electron chi connectivity index (χ1n) is 7.98. The minimum absolute atomic E-state index is 0.0737. The second kappa shape index (κ2) is 6.93. The maximum absolute atomic E-state index is 12.5. The standard InChI is InChI=1S/C19H14ClN5O/c20-14-5-1-4-13(10-14)18-24-16-7-3-9-22-19(16)25(18)12-17(26)23-15-6-2-8-21-11-15/h1-11H,12H2,(H,23,26). The highest BCUT2D eigenvalue weighted by Gasteiger charge is 2.16. The molecule has 0 atom stereocenters. The molecule has 4 aromatic rings. The SMILES string of the molecule is O=C(Cn1c(-c2cccc(Cl)c2)nc2cccnc21)Nc1cccnc1. The largest absolute Gasteiger partial charge is 0.323 e. The van der Waals surface area contributed by atoms with E-state index in [-0.39, 0.29) is 12.5 Å². The number of nitrogens with one attached hydrogen (secondary N) is 1. The molecule has 3 aromatic heterocycles. The number of pyridine rings is 2. The second-order valence-corrected chi connectivity index (χ2v) is 6.10. The van der Waals surface area contributed by atoms with Crippen LogP contribution in [-0.4, -0.2) is 25.4 Å². The lowest BCUT2D eigenvalue weighted by molar-refractivity contribution is -0.116. The summed E-state index contributed by atoms with van der Waals surface area (Å²) < 4.78 is 1.78. The zero-order valence-electron chi connectivity index (χ0n) is 13.6. The van der Waals surface area contributed by atoms with Crippen molar-refractivity contribution in [2.75, 3.05) is 5.32 Å². The predicted octanol–water partition coefficient (Wildman–Crippen LogP) is 3.79. The van der Waals surface area contributed by atoms with Crippen LogP contribution in [0.3, 0.4) is 0 Å². The Labute approximate surface area is 154 Å². The van der Waals surface area contributed by atoms with Gasteiger partial charge in [-0.05, 0) is 36.4 Å². The van der Waals surface area contributed by atoms with E-state index in [1.807, 2.05) is 30.3 Å². The lowest BCUT2D eigenvalue weighted by atomic mass is 10.2. The van der Waals surface area contributed by atoms with Crippen LogP contribution < -0.4 is 5.32 Å².